The lowest BCUT2D eigenvalue weighted by Crippen LogP contribution is -2.27. The standard InChI is InChI=1S/C11H12F3NO3S/c1-2-3-8-4-6-9(7-5-8)10(16)15-19(17,18)11(12,13)14/h4-7H,2-3H2,1H3,(H,15,16)/p-1. The van der Waals surface area contributed by atoms with Gasteiger partial charge in [0.25, 0.3) is 0 Å². The van der Waals surface area contributed by atoms with Gasteiger partial charge >= 0.3 is 15.5 Å². The van der Waals surface area contributed by atoms with E-state index >= 15 is 0 Å². The third-order valence-electron chi connectivity index (χ3n) is 2.24. The maximum Gasteiger partial charge on any atom is 0.518 e. The second kappa shape index (κ2) is 5.60. The molecule has 1 aromatic carbocycles. The molecule has 1 aromatic rings. The van der Waals surface area contributed by atoms with Crippen LogP contribution < -0.4 is 5.11 Å². The van der Waals surface area contributed by atoms with Crippen LogP contribution in [0.2, 0.25) is 0 Å². The maximum absolute atomic E-state index is 12.0. The Morgan fingerprint density at radius 1 is 1.26 bits per heavy atom. The quantitative estimate of drug-likeness (QED) is 0.625. The van der Waals surface area contributed by atoms with Crippen LogP contribution in [-0.4, -0.2) is 19.8 Å². The highest BCUT2D eigenvalue weighted by atomic mass is 32.2. The zero-order chi connectivity index (χ0) is 14.7. The van der Waals surface area contributed by atoms with Gasteiger partial charge in [-0.25, -0.2) is 0 Å². The van der Waals surface area contributed by atoms with Crippen LogP contribution in [-0.2, 0) is 16.4 Å². The van der Waals surface area contributed by atoms with Crippen molar-refractivity contribution in [2.75, 3.05) is 0 Å². The molecule has 0 spiro atoms. The third-order valence-corrected chi connectivity index (χ3v) is 3.23. The van der Waals surface area contributed by atoms with Gasteiger partial charge in [0.15, 0.2) is 0 Å². The summed E-state index contributed by atoms with van der Waals surface area (Å²) in [7, 11) is -5.79. The Kier molecular flexibility index (Phi) is 4.56. The van der Waals surface area contributed by atoms with Crippen molar-refractivity contribution < 1.29 is 26.7 Å². The molecule has 4 nitrogen and oxygen atoms in total. The van der Waals surface area contributed by atoms with Gasteiger partial charge in [0.1, 0.15) is 0 Å². The molecule has 0 radical (unpaired) electrons. The normalized spacial score (nSPS) is 13.6. The summed E-state index contributed by atoms with van der Waals surface area (Å²) in [5.74, 6) is -1.43. The van der Waals surface area contributed by atoms with Crippen LogP contribution in [0.25, 0.3) is 0 Å². The Balaban J connectivity index is 3.04. The Morgan fingerprint density at radius 2 is 1.79 bits per heavy atom. The van der Waals surface area contributed by atoms with Crippen molar-refractivity contribution in [1.82, 2.24) is 0 Å². The second-order valence-corrected chi connectivity index (χ2v) is 5.36. The van der Waals surface area contributed by atoms with Crippen molar-refractivity contribution in [3.05, 3.63) is 35.4 Å². The summed E-state index contributed by atoms with van der Waals surface area (Å²) in [5, 5.41) is 11.3. The van der Waals surface area contributed by atoms with Crippen molar-refractivity contribution in [2.24, 2.45) is 4.40 Å². The Bertz CT molecular complexity index is 562. The minimum absolute atomic E-state index is 0.201. The molecule has 0 aromatic heterocycles. The monoisotopic (exact) mass is 294 g/mol. The minimum atomic E-state index is -5.79. The molecule has 8 heteroatoms. The second-order valence-electron chi connectivity index (χ2n) is 3.76. The molecule has 0 atom stereocenters. The molecule has 0 bridgehead atoms. The number of rotatable bonds is 4. The Morgan fingerprint density at radius 3 is 2.21 bits per heavy atom. The van der Waals surface area contributed by atoms with Gasteiger partial charge in [-0.2, -0.15) is 26.0 Å². The summed E-state index contributed by atoms with van der Waals surface area (Å²) < 4.78 is 59.7. The number of benzene rings is 1. The first kappa shape index (κ1) is 15.5. The first-order valence-corrected chi connectivity index (χ1v) is 6.79. The predicted octanol–water partition coefficient (Wildman–Crippen LogP) is 1.60. The molecule has 1 rings (SSSR count). The maximum atomic E-state index is 12.0. The van der Waals surface area contributed by atoms with Crippen molar-refractivity contribution in [3.63, 3.8) is 0 Å². The molecule has 0 aliphatic rings. The number of aryl methyl sites for hydroxylation is 1. The van der Waals surface area contributed by atoms with E-state index in [9.17, 15) is 26.7 Å². The van der Waals surface area contributed by atoms with Gasteiger partial charge in [-0.15, -0.1) is 0 Å². The summed E-state index contributed by atoms with van der Waals surface area (Å²) in [6.07, 6.45) is 1.63. The van der Waals surface area contributed by atoms with Crippen LogP contribution in [0, 0.1) is 0 Å². The van der Waals surface area contributed by atoms with E-state index < -0.39 is 21.4 Å². The fourth-order valence-corrected chi connectivity index (χ4v) is 1.74. The number of alkyl halides is 3. The summed E-state index contributed by atoms with van der Waals surface area (Å²) in [4.78, 5) is 0. The van der Waals surface area contributed by atoms with Gasteiger partial charge < -0.3 is 5.11 Å². The summed E-state index contributed by atoms with van der Waals surface area (Å²) in [6.45, 7) is 1.95. The van der Waals surface area contributed by atoms with Gasteiger partial charge in [-0.1, -0.05) is 37.6 Å². The number of nitrogens with zero attached hydrogens (tertiary/aromatic N) is 1. The van der Waals surface area contributed by atoms with E-state index in [1.807, 2.05) is 6.92 Å². The average molecular weight is 294 g/mol. The molecular weight excluding hydrogens is 283 g/mol. The number of hydrogen-bond donors (Lipinski definition) is 0. The molecule has 19 heavy (non-hydrogen) atoms. The van der Waals surface area contributed by atoms with E-state index in [2.05, 4.69) is 4.40 Å². The molecule has 0 N–H and O–H groups in total. The lowest BCUT2D eigenvalue weighted by molar-refractivity contribution is -0.212. The van der Waals surface area contributed by atoms with Crippen molar-refractivity contribution in [2.45, 2.75) is 25.3 Å². The highest BCUT2D eigenvalue weighted by molar-refractivity contribution is 7.91. The van der Waals surface area contributed by atoms with Crippen molar-refractivity contribution in [3.8, 4) is 0 Å². The first-order valence-electron chi connectivity index (χ1n) is 5.35. The van der Waals surface area contributed by atoms with Crippen LogP contribution in [0.1, 0.15) is 24.5 Å². The van der Waals surface area contributed by atoms with Crippen LogP contribution in [0.4, 0.5) is 13.2 Å². The lowest BCUT2D eigenvalue weighted by Gasteiger charge is -2.12. The largest absolute Gasteiger partial charge is 0.858 e. The van der Waals surface area contributed by atoms with Gasteiger partial charge in [0.05, 0.1) is 0 Å². The molecule has 0 heterocycles. The van der Waals surface area contributed by atoms with Crippen LogP contribution in [0.3, 0.4) is 0 Å². The zero-order valence-electron chi connectivity index (χ0n) is 9.94. The summed E-state index contributed by atoms with van der Waals surface area (Å²) in [5.41, 5.74) is -4.87. The molecule has 106 valence electrons. The van der Waals surface area contributed by atoms with Gasteiger partial charge in [0.2, 0.25) is 0 Å². The third kappa shape index (κ3) is 3.95. The molecule has 0 fully saturated rings. The van der Waals surface area contributed by atoms with Crippen LogP contribution in [0.5, 0.6) is 0 Å². The highest BCUT2D eigenvalue weighted by Gasteiger charge is 2.45. The molecule has 0 saturated carbocycles. The summed E-state index contributed by atoms with van der Waals surface area (Å²) in [6, 6.07) is 5.60. The van der Waals surface area contributed by atoms with Crippen molar-refractivity contribution >= 4 is 15.9 Å². The number of sulfonamides is 1. The highest BCUT2D eigenvalue weighted by Crippen LogP contribution is 2.24. The van der Waals surface area contributed by atoms with Gasteiger partial charge in [0, 0.05) is 5.90 Å². The molecule has 0 aliphatic heterocycles. The minimum Gasteiger partial charge on any atom is -0.858 e. The fraction of sp³-hybridized carbons (Fsp3) is 0.364. The van der Waals surface area contributed by atoms with Crippen LogP contribution >= 0.6 is 0 Å². The van der Waals surface area contributed by atoms with Gasteiger partial charge in [-0.05, 0) is 17.5 Å². The SMILES string of the molecule is CCCc1ccc(/C([O-])=N/S(=O)(=O)C(F)(F)F)cc1. The predicted molar refractivity (Wildman–Crippen MR) is 61.9 cm³/mol. The molecular formula is C11H11F3NO3S-. The van der Waals surface area contributed by atoms with E-state index in [1.165, 1.54) is 12.1 Å². The topological polar surface area (TPSA) is 69.6 Å². The fourth-order valence-electron chi connectivity index (χ4n) is 1.32. The summed E-state index contributed by atoms with van der Waals surface area (Å²) >= 11 is 0. The first-order chi connectivity index (χ1) is 8.67. The Labute approximate surface area is 108 Å². The molecule has 0 unspecified atom stereocenters. The number of hydrogen-bond acceptors (Lipinski definition) is 3. The Hall–Kier alpha value is -1.57. The smallest absolute Gasteiger partial charge is 0.518 e. The van der Waals surface area contributed by atoms with E-state index in [4.69, 9.17) is 0 Å². The van der Waals surface area contributed by atoms with Gasteiger partial charge in [-0.3, -0.25) is 0 Å². The van der Waals surface area contributed by atoms with Crippen molar-refractivity contribution in [1.29, 1.82) is 0 Å². The van der Waals surface area contributed by atoms with Crippen LogP contribution in [0.15, 0.2) is 28.7 Å². The zero-order valence-corrected chi connectivity index (χ0v) is 10.8. The van der Waals surface area contributed by atoms with E-state index in [0.29, 0.717) is 0 Å². The molecule has 0 aliphatic carbocycles. The van der Waals surface area contributed by atoms with E-state index in [1.54, 1.807) is 12.1 Å². The van der Waals surface area contributed by atoms with E-state index in [0.717, 1.165) is 18.4 Å². The lowest BCUT2D eigenvalue weighted by atomic mass is 10.1. The molecule has 0 amide bonds. The average Bonchev–Trinajstić information content (AvgIpc) is 2.28. The molecule has 0 saturated heterocycles. The van der Waals surface area contributed by atoms with E-state index in [-0.39, 0.29) is 5.56 Å². The number of halogens is 3.